The van der Waals surface area contributed by atoms with Gasteiger partial charge in [-0.05, 0) is 31.0 Å². The predicted octanol–water partition coefficient (Wildman–Crippen LogP) is 1.58. The summed E-state index contributed by atoms with van der Waals surface area (Å²) in [6.07, 6.45) is 2.59. The Morgan fingerprint density at radius 1 is 1.11 bits per heavy atom. The number of hydrogen-bond donors (Lipinski definition) is 2. The van der Waals surface area contributed by atoms with Gasteiger partial charge in [0, 0.05) is 55.8 Å². The number of pyridine rings is 1. The van der Waals surface area contributed by atoms with Gasteiger partial charge in [0.2, 0.25) is 11.8 Å². The van der Waals surface area contributed by atoms with Crippen molar-refractivity contribution in [2.75, 3.05) is 34.0 Å². The number of ether oxygens (including phenoxy) is 2. The Bertz CT molecular complexity index is 1210. The fourth-order valence-electron chi connectivity index (χ4n) is 6.05. The number of benzene rings is 1. The topological polar surface area (TPSA) is 110 Å². The van der Waals surface area contributed by atoms with E-state index in [0.717, 1.165) is 19.3 Å². The van der Waals surface area contributed by atoms with E-state index in [1.165, 1.54) is 0 Å². The lowest BCUT2D eigenvalue weighted by Crippen LogP contribution is -2.52. The van der Waals surface area contributed by atoms with Gasteiger partial charge in [-0.15, -0.1) is 0 Å². The molecular formula is C27H33N3O6. The summed E-state index contributed by atoms with van der Waals surface area (Å²) in [4.78, 5) is 42.3. The largest absolute Gasteiger partial charge is 0.496 e. The highest BCUT2D eigenvalue weighted by molar-refractivity contribution is 5.90. The molecule has 0 bridgehead atoms. The van der Waals surface area contributed by atoms with E-state index in [2.05, 4.69) is 5.32 Å². The first-order chi connectivity index (χ1) is 17.5. The fourth-order valence-corrected chi connectivity index (χ4v) is 6.05. The Hall–Kier alpha value is -3.17. The number of rotatable bonds is 8. The van der Waals surface area contributed by atoms with Crippen LogP contribution in [0.15, 0.2) is 41.2 Å². The molecule has 1 saturated carbocycles. The molecule has 9 heteroatoms. The van der Waals surface area contributed by atoms with Crippen LogP contribution in [0.25, 0.3) is 11.1 Å². The number of nitrogens with one attached hydrogen (secondary N) is 1. The van der Waals surface area contributed by atoms with Crippen LogP contribution in [0.4, 0.5) is 0 Å². The minimum absolute atomic E-state index is 0.0613. The van der Waals surface area contributed by atoms with Crippen LogP contribution in [0, 0.1) is 17.8 Å². The van der Waals surface area contributed by atoms with Gasteiger partial charge < -0.3 is 29.4 Å². The molecule has 4 atom stereocenters. The molecule has 9 nitrogen and oxygen atoms in total. The number of aromatic nitrogens is 1. The highest BCUT2D eigenvalue weighted by Crippen LogP contribution is 2.51. The summed E-state index contributed by atoms with van der Waals surface area (Å²) < 4.78 is 12.2. The number of aliphatic hydroxyl groups excluding tert-OH is 1. The monoisotopic (exact) mass is 495 g/mol. The van der Waals surface area contributed by atoms with Gasteiger partial charge in [-0.25, -0.2) is 0 Å². The molecule has 2 amide bonds. The van der Waals surface area contributed by atoms with Crippen LogP contribution in [0.1, 0.15) is 31.0 Å². The molecule has 1 aromatic carbocycles. The Balaban J connectivity index is 1.56. The first-order valence-corrected chi connectivity index (χ1v) is 12.6. The lowest BCUT2D eigenvalue weighted by molar-refractivity contribution is -0.147. The molecule has 0 spiro atoms. The molecule has 192 valence electrons. The normalized spacial score (nSPS) is 24.7. The molecule has 0 radical (unpaired) electrons. The Labute approximate surface area is 210 Å². The third-order valence-corrected chi connectivity index (χ3v) is 8.06. The summed E-state index contributed by atoms with van der Waals surface area (Å²) in [5, 5.41) is 13.3. The van der Waals surface area contributed by atoms with Crippen molar-refractivity contribution in [1.29, 1.82) is 0 Å². The number of amides is 2. The molecular weight excluding hydrogens is 462 g/mol. The summed E-state index contributed by atoms with van der Waals surface area (Å²) in [5.41, 5.74) is 1.76. The van der Waals surface area contributed by atoms with Crippen LogP contribution in [0.5, 0.6) is 5.75 Å². The van der Waals surface area contributed by atoms with E-state index in [1.807, 2.05) is 30.3 Å². The maximum absolute atomic E-state index is 13.7. The summed E-state index contributed by atoms with van der Waals surface area (Å²) in [6, 6.07) is 9.81. The average molecular weight is 496 g/mol. The van der Waals surface area contributed by atoms with Crippen molar-refractivity contribution in [1.82, 2.24) is 14.8 Å². The summed E-state index contributed by atoms with van der Waals surface area (Å²) in [5.74, 6) is -0.572. The summed E-state index contributed by atoms with van der Waals surface area (Å²) in [6.45, 7) is 0.766. The van der Waals surface area contributed by atoms with E-state index in [1.54, 1.807) is 29.8 Å². The lowest BCUT2D eigenvalue weighted by atomic mass is 9.84. The number of hydrogen-bond acceptors (Lipinski definition) is 6. The molecule has 3 aliphatic rings. The quantitative estimate of drug-likeness (QED) is 0.538. The Kier molecular flexibility index (Phi) is 6.85. The second-order valence-corrected chi connectivity index (χ2v) is 9.85. The van der Waals surface area contributed by atoms with Crippen molar-refractivity contribution >= 4 is 11.8 Å². The smallest absolute Gasteiger partial charge is 0.258 e. The van der Waals surface area contributed by atoms with E-state index >= 15 is 0 Å². The molecule has 2 aliphatic heterocycles. The van der Waals surface area contributed by atoms with Crippen LogP contribution in [-0.2, 0) is 20.9 Å². The first kappa shape index (κ1) is 24.5. The molecule has 5 rings (SSSR count). The number of carbonyl (C=O) groups is 2. The van der Waals surface area contributed by atoms with Crippen molar-refractivity contribution in [3.8, 4) is 16.9 Å². The van der Waals surface area contributed by atoms with Crippen molar-refractivity contribution in [2.24, 2.45) is 17.8 Å². The Morgan fingerprint density at radius 3 is 2.56 bits per heavy atom. The van der Waals surface area contributed by atoms with Gasteiger partial charge in [0.15, 0.2) is 0 Å². The van der Waals surface area contributed by atoms with Gasteiger partial charge in [0.1, 0.15) is 11.8 Å². The van der Waals surface area contributed by atoms with Gasteiger partial charge in [0.25, 0.3) is 5.56 Å². The van der Waals surface area contributed by atoms with Crippen LogP contribution in [0.2, 0.25) is 0 Å². The van der Waals surface area contributed by atoms with Gasteiger partial charge >= 0.3 is 0 Å². The molecule has 2 N–H and O–H groups in total. The zero-order valence-electron chi connectivity index (χ0n) is 20.7. The first-order valence-electron chi connectivity index (χ1n) is 12.6. The van der Waals surface area contributed by atoms with E-state index in [9.17, 15) is 19.5 Å². The molecule has 2 aromatic rings. The number of nitrogens with zero attached hydrogens (tertiary/aromatic N) is 2. The van der Waals surface area contributed by atoms with E-state index in [-0.39, 0.29) is 35.8 Å². The SMILES string of the molecule is COCCNC(=O)[C@@H]1[C@@H](CO)[C@@H]2Cn3c(ccc(-c4ccccc4OC)c3=O)[C@@H]2N1C(=O)C1CCC1. The van der Waals surface area contributed by atoms with Gasteiger partial charge in [0.05, 0.1) is 25.3 Å². The van der Waals surface area contributed by atoms with Crippen molar-refractivity contribution in [3.05, 3.63) is 52.4 Å². The molecule has 3 heterocycles. The third kappa shape index (κ3) is 3.90. The number of para-hydroxylation sites is 1. The maximum Gasteiger partial charge on any atom is 0.258 e. The minimum atomic E-state index is -0.785. The number of methoxy groups -OCH3 is 2. The molecule has 36 heavy (non-hydrogen) atoms. The Morgan fingerprint density at radius 2 is 1.89 bits per heavy atom. The van der Waals surface area contributed by atoms with Crippen LogP contribution < -0.4 is 15.6 Å². The van der Waals surface area contributed by atoms with Gasteiger partial charge in [-0.1, -0.05) is 24.6 Å². The van der Waals surface area contributed by atoms with Crippen molar-refractivity contribution in [2.45, 2.75) is 37.9 Å². The number of fused-ring (bicyclic) bond motifs is 3. The fraction of sp³-hybridized carbons (Fsp3) is 0.519. The van der Waals surface area contributed by atoms with E-state index in [0.29, 0.717) is 42.3 Å². The maximum atomic E-state index is 13.7. The average Bonchev–Trinajstić information content (AvgIpc) is 3.38. The van der Waals surface area contributed by atoms with Gasteiger partial charge in [-0.2, -0.15) is 0 Å². The number of likely N-dealkylation sites (tertiary alicyclic amines) is 1. The van der Waals surface area contributed by atoms with Crippen molar-refractivity contribution in [3.63, 3.8) is 0 Å². The zero-order chi connectivity index (χ0) is 25.4. The lowest BCUT2D eigenvalue weighted by Gasteiger charge is -2.36. The second-order valence-electron chi connectivity index (χ2n) is 9.85. The van der Waals surface area contributed by atoms with E-state index < -0.39 is 18.0 Å². The van der Waals surface area contributed by atoms with E-state index in [4.69, 9.17) is 9.47 Å². The highest BCUT2D eigenvalue weighted by Gasteiger charge is 2.58. The van der Waals surface area contributed by atoms with Crippen LogP contribution >= 0.6 is 0 Å². The zero-order valence-corrected chi connectivity index (χ0v) is 20.7. The molecule has 1 saturated heterocycles. The van der Waals surface area contributed by atoms with Crippen LogP contribution in [-0.4, -0.2) is 66.4 Å². The van der Waals surface area contributed by atoms with Gasteiger partial charge in [-0.3, -0.25) is 14.4 Å². The van der Waals surface area contributed by atoms with Crippen LogP contribution in [0.3, 0.4) is 0 Å². The highest BCUT2D eigenvalue weighted by atomic mass is 16.5. The third-order valence-electron chi connectivity index (χ3n) is 8.06. The predicted molar refractivity (Wildman–Crippen MR) is 132 cm³/mol. The molecule has 1 aliphatic carbocycles. The number of aliphatic hydroxyl groups is 1. The second kappa shape index (κ2) is 10.1. The summed E-state index contributed by atoms with van der Waals surface area (Å²) in [7, 11) is 3.13. The number of carbonyl (C=O) groups excluding carboxylic acids is 2. The molecule has 2 fully saturated rings. The summed E-state index contributed by atoms with van der Waals surface area (Å²) >= 11 is 0. The standard InChI is InChI=1S/C27H33N3O6/c1-35-13-12-28-25(32)24-20(15-31)19-14-29-21(23(19)30(24)26(33)16-6-5-7-16)11-10-18(27(29)34)17-8-3-4-9-22(17)36-2/h3-4,8-11,16,19-20,23-24,31H,5-7,12-15H2,1-2H3,(H,28,32)/t19-,20-,23+,24-/m0/s1. The van der Waals surface area contributed by atoms with Crippen molar-refractivity contribution < 1.29 is 24.2 Å². The minimum Gasteiger partial charge on any atom is -0.496 e. The molecule has 0 unspecified atom stereocenters. The molecule has 1 aromatic heterocycles.